The average Bonchev–Trinajstić information content (AvgIpc) is 2.31. The molecule has 1 aromatic carbocycles. The zero-order valence-electron chi connectivity index (χ0n) is 10.2. The topological polar surface area (TPSA) is 72.2 Å². The third-order valence-electron chi connectivity index (χ3n) is 2.28. The van der Waals surface area contributed by atoms with Crippen LogP contribution in [0.1, 0.15) is 19.8 Å². The van der Waals surface area contributed by atoms with Crippen molar-refractivity contribution < 1.29 is 13.4 Å². The highest BCUT2D eigenvalue weighted by atomic mass is 32.2. The van der Waals surface area contributed by atoms with E-state index < -0.39 is 16.6 Å². The molecular formula is C12H17FN2O2S. The van der Waals surface area contributed by atoms with Gasteiger partial charge in [0, 0.05) is 28.7 Å². The molecule has 0 bridgehead atoms. The van der Waals surface area contributed by atoms with Crippen molar-refractivity contribution >= 4 is 28.1 Å². The smallest absolute Gasteiger partial charge is 0.225 e. The molecule has 100 valence electrons. The maximum absolute atomic E-state index is 12.8. The summed E-state index contributed by atoms with van der Waals surface area (Å²) in [7, 11) is -0.960. The van der Waals surface area contributed by atoms with E-state index in [1.165, 1.54) is 12.1 Å². The molecule has 0 aliphatic heterocycles. The Morgan fingerprint density at radius 2 is 2.17 bits per heavy atom. The van der Waals surface area contributed by atoms with E-state index in [2.05, 4.69) is 5.32 Å². The lowest BCUT2D eigenvalue weighted by Crippen LogP contribution is -2.16. The van der Waals surface area contributed by atoms with Crippen LogP contribution in [0.15, 0.2) is 18.2 Å². The van der Waals surface area contributed by atoms with Gasteiger partial charge in [0.15, 0.2) is 0 Å². The van der Waals surface area contributed by atoms with E-state index >= 15 is 0 Å². The summed E-state index contributed by atoms with van der Waals surface area (Å²) in [5, 5.41) is 2.57. The largest absolute Gasteiger partial charge is 0.397 e. The van der Waals surface area contributed by atoms with Crippen molar-refractivity contribution in [3.63, 3.8) is 0 Å². The van der Waals surface area contributed by atoms with E-state index in [1.807, 2.05) is 6.92 Å². The highest BCUT2D eigenvalue weighted by Gasteiger charge is 2.08. The van der Waals surface area contributed by atoms with Crippen LogP contribution in [0, 0.1) is 5.82 Å². The molecule has 0 radical (unpaired) electrons. The van der Waals surface area contributed by atoms with Crippen LogP contribution in [-0.4, -0.2) is 21.6 Å². The number of carbonyl (C=O) groups is 1. The maximum atomic E-state index is 12.8. The molecule has 0 heterocycles. The molecule has 0 fully saturated rings. The highest BCUT2D eigenvalue weighted by molar-refractivity contribution is 7.84. The van der Waals surface area contributed by atoms with Gasteiger partial charge in [-0.05, 0) is 24.6 Å². The van der Waals surface area contributed by atoms with Crippen LogP contribution in [0.3, 0.4) is 0 Å². The molecule has 1 atom stereocenters. The van der Waals surface area contributed by atoms with Crippen molar-refractivity contribution in [2.45, 2.75) is 19.8 Å². The fourth-order valence-electron chi connectivity index (χ4n) is 1.40. The van der Waals surface area contributed by atoms with Crippen LogP contribution >= 0.6 is 0 Å². The summed E-state index contributed by atoms with van der Waals surface area (Å²) in [4.78, 5) is 11.6. The van der Waals surface area contributed by atoms with Gasteiger partial charge in [0.1, 0.15) is 5.82 Å². The molecule has 0 spiro atoms. The summed E-state index contributed by atoms with van der Waals surface area (Å²) >= 11 is 0. The zero-order chi connectivity index (χ0) is 13.5. The van der Waals surface area contributed by atoms with Gasteiger partial charge in [-0.2, -0.15) is 0 Å². The molecule has 0 saturated carbocycles. The van der Waals surface area contributed by atoms with Gasteiger partial charge in [-0.1, -0.05) is 6.92 Å². The summed E-state index contributed by atoms with van der Waals surface area (Å²) in [5.74, 6) is 0.222. The lowest BCUT2D eigenvalue weighted by molar-refractivity contribution is -0.115. The molecular weight excluding hydrogens is 255 g/mol. The molecule has 0 saturated heterocycles. The Balaban J connectivity index is 2.47. The van der Waals surface area contributed by atoms with Crippen LogP contribution < -0.4 is 11.1 Å². The molecule has 1 amide bonds. The number of rotatable bonds is 6. The zero-order valence-corrected chi connectivity index (χ0v) is 11.1. The monoisotopic (exact) mass is 272 g/mol. The molecule has 1 rings (SSSR count). The van der Waals surface area contributed by atoms with Gasteiger partial charge in [0.25, 0.3) is 0 Å². The first kappa shape index (κ1) is 14.6. The lowest BCUT2D eigenvalue weighted by atomic mass is 10.2. The number of carbonyl (C=O) groups excluding carboxylic acids is 1. The summed E-state index contributed by atoms with van der Waals surface area (Å²) in [6.07, 6.45) is 1.00. The van der Waals surface area contributed by atoms with E-state index in [4.69, 9.17) is 5.73 Å². The van der Waals surface area contributed by atoms with E-state index in [9.17, 15) is 13.4 Å². The molecule has 1 aromatic rings. The van der Waals surface area contributed by atoms with Crippen LogP contribution in [0.5, 0.6) is 0 Å². The first-order valence-corrected chi connectivity index (χ1v) is 7.21. The Labute approximate surface area is 108 Å². The first-order chi connectivity index (χ1) is 8.52. The molecule has 0 aliphatic carbocycles. The molecule has 0 aromatic heterocycles. The summed E-state index contributed by atoms with van der Waals surface area (Å²) in [6.45, 7) is 1.94. The third kappa shape index (κ3) is 4.83. The number of anilines is 2. The number of hydrogen-bond acceptors (Lipinski definition) is 3. The Morgan fingerprint density at radius 3 is 2.78 bits per heavy atom. The molecule has 1 unspecified atom stereocenters. The van der Waals surface area contributed by atoms with Gasteiger partial charge in [0.05, 0.1) is 11.4 Å². The van der Waals surface area contributed by atoms with Crippen LogP contribution in [0.25, 0.3) is 0 Å². The lowest BCUT2D eigenvalue weighted by Gasteiger charge is -2.07. The van der Waals surface area contributed by atoms with Gasteiger partial charge >= 0.3 is 0 Å². The van der Waals surface area contributed by atoms with E-state index in [0.717, 1.165) is 12.5 Å². The van der Waals surface area contributed by atoms with Crippen LogP contribution in [-0.2, 0) is 15.6 Å². The second kappa shape index (κ2) is 7.10. The highest BCUT2D eigenvalue weighted by Crippen LogP contribution is 2.19. The molecule has 6 heteroatoms. The van der Waals surface area contributed by atoms with Gasteiger partial charge < -0.3 is 11.1 Å². The van der Waals surface area contributed by atoms with Crippen molar-refractivity contribution in [2.24, 2.45) is 0 Å². The number of hydrogen-bond donors (Lipinski definition) is 2. The van der Waals surface area contributed by atoms with Crippen molar-refractivity contribution in [3.05, 3.63) is 24.0 Å². The third-order valence-corrected chi connectivity index (χ3v) is 3.80. The molecule has 18 heavy (non-hydrogen) atoms. The molecule has 4 nitrogen and oxygen atoms in total. The number of nitrogens with two attached hydrogens (primary N) is 1. The minimum Gasteiger partial charge on any atom is -0.397 e. The van der Waals surface area contributed by atoms with Crippen molar-refractivity contribution in [1.82, 2.24) is 0 Å². The van der Waals surface area contributed by atoms with Crippen molar-refractivity contribution in [3.8, 4) is 0 Å². The minimum atomic E-state index is -0.960. The SMILES string of the molecule is CCCS(=O)CCC(=O)Nc1ccc(F)cc1N. The fraction of sp³-hybridized carbons (Fsp3) is 0.417. The van der Waals surface area contributed by atoms with Gasteiger partial charge in [-0.3, -0.25) is 9.00 Å². The van der Waals surface area contributed by atoms with Crippen molar-refractivity contribution in [1.29, 1.82) is 0 Å². The quantitative estimate of drug-likeness (QED) is 0.777. The van der Waals surface area contributed by atoms with Crippen molar-refractivity contribution in [2.75, 3.05) is 22.6 Å². The van der Waals surface area contributed by atoms with Gasteiger partial charge in [-0.25, -0.2) is 4.39 Å². The van der Waals surface area contributed by atoms with E-state index in [-0.39, 0.29) is 18.0 Å². The number of halogens is 1. The number of amides is 1. The van der Waals surface area contributed by atoms with E-state index in [1.54, 1.807) is 0 Å². The number of nitrogen functional groups attached to an aromatic ring is 1. The van der Waals surface area contributed by atoms with E-state index in [0.29, 0.717) is 17.2 Å². The van der Waals surface area contributed by atoms with Crippen LogP contribution in [0.2, 0.25) is 0 Å². The normalized spacial score (nSPS) is 12.1. The second-order valence-corrected chi connectivity index (χ2v) is 5.57. The summed E-state index contributed by atoms with van der Waals surface area (Å²) in [6, 6.07) is 3.78. The molecule has 3 N–H and O–H groups in total. The average molecular weight is 272 g/mol. The maximum Gasteiger partial charge on any atom is 0.225 e. The Hall–Kier alpha value is -1.43. The van der Waals surface area contributed by atoms with Gasteiger partial charge in [0.2, 0.25) is 5.91 Å². The minimum absolute atomic E-state index is 0.170. The summed E-state index contributed by atoms with van der Waals surface area (Å²) in [5.41, 5.74) is 6.11. The summed E-state index contributed by atoms with van der Waals surface area (Å²) < 4.78 is 24.2. The second-order valence-electron chi connectivity index (χ2n) is 3.88. The standard InChI is InChI=1S/C12H17FN2O2S/c1-2-6-18(17)7-5-12(16)15-11-4-3-9(13)8-10(11)14/h3-4,8H,2,5-7,14H2,1H3,(H,15,16). The number of nitrogens with one attached hydrogen (secondary N) is 1. The predicted octanol–water partition coefficient (Wildman–Crippen LogP) is 1.90. The Bertz CT molecular complexity index is 452. The Morgan fingerprint density at radius 1 is 1.44 bits per heavy atom. The molecule has 0 aliphatic rings. The fourth-order valence-corrected chi connectivity index (χ4v) is 2.47. The Kier molecular flexibility index (Phi) is 5.77. The first-order valence-electron chi connectivity index (χ1n) is 5.72. The van der Waals surface area contributed by atoms with Crippen LogP contribution in [0.4, 0.5) is 15.8 Å². The number of benzene rings is 1. The predicted molar refractivity (Wildman–Crippen MR) is 72.2 cm³/mol. The van der Waals surface area contributed by atoms with Gasteiger partial charge in [-0.15, -0.1) is 0 Å².